The quantitative estimate of drug-likeness (QED) is 0.185. The first-order chi connectivity index (χ1) is 19.0. The third-order valence-corrected chi connectivity index (χ3v) is 6.40. The number of hydrogen-bond donors (Lipinski definition) is 4. The average molecular weight is 559 g/mol. The van der Waals surface area contributed by atoms with Gasteiger partial charge in [0.2, 0.25) is 0 Å². The van der Waals surface area contributed by atoms with Crippen molar-refractivity contribution in [2.45, 2.75) is 0 Å². The van der Waals surface area contributed by atoms with Crippen molar-refractivity contribution >= 4 is 46.5 Å². The van der Waals surface area contributed by atoms with Gasteiger partial charge in [0.1, 0.15) is 0 Å². The van der Waals surface area contributed by atoms with Crippen molar-refractivity contribution in [3.63, 3.8) is 0 Å². The van der Waals surface area contributed by atoms with E-state index in [0.717, 1.165) is 15.2 Å². The lowest BCUT2D eigenvalue weighted by molar-refractivity contribution is -0.143. The highest BCUT2D eigenvalue weighted by atomic mass is 16.4. The van der Waals surface area contributed by atoms with Gasteiger partial charge in [-0.2, -0.15) is 0 Å². The second-order valence-electron chi connectivity index (χ2n) is 9.31. The van der Waals surface area contributed by atoms with Gasteiger partial charge in [0.25, 0.3) is 11.8 Å². The summed E-state index contributed by atoms with van der Waals surface area (Å²) in [5, 5.41) is 38.0. The Morgan fingerprint density at radius 3 is 1.38 bits per heavy atom. The van der Waals surface area contributed by atoms with E-state index in [0.29, 0.717) is 16.5 Å². The van der Waals surface area contributed by atoms with Gasteiger partial charge < -0.3 is 20.4 Å². The van der Waals surface area contributed by atoms with Crippen LogP contribution in [0.5, 0.6) is 0 Å². The van der Waals surface area contributed by atoms with Crippen LogP contribution in [0.1, 0.15) is 20.7 Å². The van der Waals surface area contributed by atoms with Gasteiger partial charge in [-0.25, -0.2) is 0 Å². The number of nitrogens with zero attached hydrogens (tertiary/aromatic N) is 4. The van der Waals surface area contributed by atoms with Crippen LogP contribution in [0.4, 0.5) is 0 Å². The summed E-state index contributed by atoms with van der Waals surface area (Å²) in [7, 11) is 0. The van der Waals surface area contributed by atoms with Gasteiger partial charge >= 0.3 is 23.9 Å². The number of amides is 2. The summed E-state index contributed by atoms with van der Waals surface area (Å²) in [6.07, 6.45) is 0. The molecule has 0 fully saturated rings. The minimum atomic E-state index is -1.24. The van der Waals surface area contributed by atoms with Gasteiger partial charge in [-0.15, -0.1) is 0 Å². The molecule has 0 atom stereocenters. The number of benzene rings is 2. The van der Waals surface area contributed by atoms with E-state index < -0.39 is 61.9 Å². The molecular formula is C26H30N4O10. The Morgan fingerprint density at radius 2 is 0.950 bits per heavy atom. The van der Waals surface area contributed by atoms with Crippen molar-refractivity contribution < 1.29 is 49.2 Å². The van der Waals surface area contributed by atoms with E-state index in [2.05, 4.69) is 0 Å². The average Bonchev–Trinajstić information content (AvgIpc) is 2.87. The SMILES string of the molecule is O=C(O)CN(CCN(CCN1C(=O)c2cccc3cccc(c23)C1=O)CC(=O)O)CCN(CC(=O)O)CC(=O)O. The van der Waals surface area contributed by atoms with Crippen LogP contribution in [0, 0.1) is 0 Å². The molecule has 4 N–H and O–H groups in total. The molecule has 0 radical (unpaired) electrons. The first-order valence-corrected chi connectivity index (χ1v) is 12.4. The summed E-state index contributed by atoms with van der Waals surface area (Å²) < 4.78 is 0. The minimum absolute atomic E-state index is 0.00693. The summed E-state index contributed by atoms with van der Waals surface area (Å²) >= 11 is 0. The predicted molar refractivity (Wildman–Crippen MR) is 139 cm³/mol. The number of carbonyl (C=O) groups excluding carboxylic acids is 2. The zero-order valence-corrected chi connectivity index (χ0v) is 21.6. The van der Waals surface area contributed by atoms with Crippen molar-refractivity contribution in [2.75, 3.05) is 65.4 Å². The van der Waals surface area contributed by atoms with Crippen LogP contribution >= 0.6 is 0 Å². The number of rotatable bonds is 17. The van der Waals surface area contributed by atoms with Crippen molar-refractivity contribution in [3.8, 4) is 0 Å². The summed E-state index contributed by atoms with van der Waals surface area (Å²) in [5.74, 6) is -5.79. The third-order valence-electron chi connectivity index (χ3n) is 6.40. The lowest BCUT2D eigenvalue weighted by atomic mass is 9.94. The predicted octanol–water partition coefficient (Wildman–Crippen LogP) is -0.320. The molecule has 14 nitrogen and oxygen atoms in total. The number of carboxylic acids is 4. The first-order valence-electron chi connectivity index (χ1n) is 12.4. The Bertz CT molecular complexity index is 1250. The van der Waals surface area contributed by atoms with Gasteiger partial charge in [-0.05, 0) is 17.5 Å². The van der Waals surface area contributed by atoms with Crippen molar-refractivity contribution in [3.05, 3.63) is 47.5 Å². The highest BCUT2D eigenvalue weighted by molar-refractivity contribution is 6.25. The fourth-order valence-electron chi connectivity index (χ4n) is 4.61. The molecule has 2 amide bonds. The van der Waals surface area contributed by atoms with Crippen LogP contribution in [0.15, 0.2) is 36.4 Å². The van der Waals surface area contributed by atoms with Gasteiger partial charge in [0.15, 0.2) is 0 Å². The topological polar surface area (TPSA) is 196 Å². The van der Waals surface area contributed by atoms with E-state index in [-0.39, 0.29) is 39.3 Å². The van der Waals surface area contributed by atoms with Crippen molar-refractivity contribution in [2.24, 2.45) is 0 Å². The molecule has 14 heteroatoms. The first kappa shape index (κ1) is 30.1. The van der Waals surface area contributed by atoms with E-state index in [1.54, 1.807) is 36.4 Å². The molecule has 40 heavy (non-hydrogen) atoms. The smallest absolute Gasteiger partial charge is 0.317 e. The zero-order chi connectivity index (χ0) is 29.4. The minimum Gasteiger partial charge on any atom is -0.480 e. The van der Waals surface area contributed by atoms with E-state index in [1.165, 1.54) is 9.80 Å². The fourth-order valence-corrected chi connectivity index (χ4v) is 4.61. The molecule has 0 saturated carbocycles. The van der Waals surface area contributed by atoms with Crippen molar-refractivity contribution in [1.82, 2.24) is 19.6 Å². The lowest BCUT2D eigenvalue weighted by Crippen LogP contribution is -2.48. The Kier molecular flexibility index (Phi) is 10.2. The maximum Gasteiger partial charge on any atom is 0.317 e. The number of aliphatic carboxylic acids is 4. The van der Waals surface area contributed by atoms with Crippen LogP contribution in [-0.4, -0.2) is 141 Å². The Labute approximate surface area is 228 Å². The van der Waals surface area contributed by atoms with Gasteiger partial charge in [0.05, 0.1) is 26.2 Å². The Balaban J connectivity index is 1.67. The number of carboxylic acid groups (broad SMARTS) is 4. The van der Waals surface area contributed by atoms with Crippen LogP contribution < -0.4 is 0 Å². The molecule has 0 bridgehead atoms. The van der Waals surface area contributed by atoms with E-state index in [1.807, 2.05) is 0 Å². The molecule has 0 saturated heterocycles. The zero-order valence-electron chi connectivity index (χ0n) is 21.6. The normalized spacial score (nSPS) is 13.0. The molecule has 214 valence electrons. The number of imide groups is 1. The van der Waals surface area contributed by atoms with Gasteiger partial charge in [-0.3, -0.25) is 48.4 Å². The molecular weight excluding hydrogens is 528 g/mol. The maximum atomic E-state index is 13.1. The number of hydrogen-bond acceptors (Lipinski definition) is 9. The Morgan fingerprint density at radius 1 is 0.575 bits per heavy atom. The largest absolute Gasteiger partial charge is 0.480 e. The summed E-state index contributed by atoms with van der Waals surface area (Å²) in [6, 6.07) is 10.3. The van der Waals surface area contributed by atoms with Crippen LogP contribution in [0.3, 0.4) is 0 Å². The second kappa shape index (κ2) is 13.6. The number of carbonyl (C=O) groups is 6. The molecule has 1 heterocycles. The molecule has 3 rings (SSSR count). The van der Waals surface area contributed by atoms with E-state index in [4.69, 9.17) is 10.2 Å². The van der Waals surface area contributed by atoms with Gasteiger partial charge in [-0.1, -0.05) is 24.3 Å². The Hall–Kier alpha value is -4.40. The lowest BCUT2D eigenvalue weighted by Gasteiger charge is -2.31. The van der Waals surface area contributed by atoms with Crippen LogP contribution in [-0.2, 0) is 19.2 Å². The van der Waals surface area contributed by atoms with Crippen molar-refractivity contribution in [1.29, 1.82) is 0 Å². The summed E-state index contributed by atoms with van der Waals surface area (Å²) in [5.41, 5.74) is 0.745. The maximum absolute atomic E-state index is 13.1. The molecule has 1 aliphatic rings. The standard InChI is InChI=1S/C26H30N4O10/c31-20(32)13-27(9-10-29(15-22(35)36)16-23(37)38)7-8-28(14-21(33)34)11-12-30-25(39)18-5-1-3-17-4-2-6-19(24(17)18)26(30)40/h1-6H,7-16H2,(H,31,32)(H,33,34)(H,35,36)(H,37,38). The second-order valence-corrected chi connectivity index (χ2v) is 9.31. The van der Waals surface area contributed by atoms with E-state index >= 15 is 0 Å². The van der Waals surface area contributed by atoms with Crippen LogP contribution in [0.25, 0.3) is 10.8 Å². The molecule has 2 aromatic carbocycles. The molecule has 0 aliphatic carbocycles. The highest BCUT2D eigenvalue weighted by Crippen LogP contribution is 2.29. The van der Waals surface area contributed by atoms with E-state index in [9.17, 15) is 39.0 Å². The molecule has 0 spiro atoms. The molecule has 2 aromatic rings. The monoisotopic (exact) mass is 558 g/mol. The highest BCUT2D eigenvalue weighted by Gasteiger charge is 2.32. The summed E-state index contributed by atoms with van der Waals surface area (Å²) in [6.45, 7) is -2.00. The van der Waals surface area contributed by atoms with Gasteiger partial charge in [0, 0.05) is 55.8 Å². The summed E-state index contributed by atoms with van der Waals surface area (Å²) in [4.78, 5) is 76.4. The molecule has 1 aliphatic heterocycles. The molecule has 0 aromatic heterocycles. The fraction of sp³-hybridized carbons (Fsp3) is 0.385. The van der Waals surface area contributed by atoms with Crippen LogP contribution in [0.2, 0.25) is 0 Å². The third kappa shape index (κ3) is 8.05. The molecule has 0 unspecified atom stereocenters.